The van der Waals surface area contributed by atoms with Gasteiger partial charge in [0.05, 0.1) is 17.2 Å². The summed E-state index contributed by atoms with van der Waals surface area (Å²) in [6.07, 6.45) is 3.64. The molecule has 0 aliphatic heterocycles. The quantitative estimate of drug-likeness (QED) is 0.900. The maximum absolute atomic E-state index is 10.1. The monoisotopic (exact) mass is 248 g/mol. The van der Waals surface area contributed by atoms with Crippen molar-refractivity contribution in [3.63, 3.8) is 0 Å². The second kappa shape index (κ2) is 4.43. The molecule has 88 valence electrons. The van der Waals surface area contributed by atoms with E-state index in [-0.39, 0.29) is 0 Å². The lowest BCUT2D eigenvalue weighted by molar-refractivity contribution is 0.223. The Morgan fingerprint density at radius 1 is 1.29 bits per heavy atom. The van der Waals surface area contributed by atoms with E-state index in [1.807, 2.05) is 24.3 Å². The van der Waals surface area contributed by atoms with Crippen molar-refractivity contribution in [1.82, 2.24) is 9.59 Å². The summed E-state index contributed by atoms with van der Waals surface area (Å²) in [4.78, 5) is 0.751. The molecule has 0 spiro atoms. The minimum absolute atomic E-state index is 0.400. The molecule has 1 aliphatic carbocycles. The summed E-state index contributed by atoms with van der Waals surface area (Å²) in [5.41, 5.74) is 0.833. The van der Waals surface area contributed by atoms with Crippen LogP contribution in [0, 0.1) is 0 Å². The molecular weight excluding hydrogens is 236 g/mol. The maximum Gasteiger partial charge on any atom is 0.119 e. The van der Waals surface area contributed by atoms with Gasteiger partial charge in [-0.2, -0.15) is 0 Å². The Kier molecular flexibility index (Phi) is 2.78. The lowest BCUT2D eigenvalue weighted by atomic mass is 10.1. The molecule has 5 heteroatoms. The number of rotatable bonds is 4. The SMILES string of the molecule is OC(c1ccc(OC2CC2)cc1)c1cnns1. The summed E-state index contributed by atoms with van der Waals surface area (Å²) in [7, 11) is 0. The second-order valence-electron chi connectivity index (χ2n) is 4.11. The molecule has 1 heterocycles. The molecule has 0 bridgehead atoms. The van der Waals surface area contributed by atoms with Gasteiger partial charge in [0.1, 0.15) is 11.9 Å². The molecule has 0 radical (unpaired) electrons. The fourth-order valence-corrected chi connectivity index (χ4v) is 2.09. The largest absolute Gasteiger partial charge is 0.490 e. The molecule has 1 atom stereocenters. The smallest absolute Gasteiger partial charge is 0.119 e. The average Bonchev–Trinajstić information content (AvgIpc) is 3.00. The molecule has 17 heavy (non-hydrogen) atoms. The van der Waals surface area contributed by atoms with Gasteiger partial charge in [-0.05, 0) is 42.1 Å². The average molecular weight is 248 g/mol. The summed E-state index contributed by atoms with van der Waals surface area (Å²) in [5, 5.41) is 13.8. The van der Waals surface area contributed by atoms with E-state index in [1.54, 1.807) is 6.20 Å². The highest BCUT2D eigenvalue weighted by atomic mass is 32.1. The van der Waals surface area contributed by atoms with Gasteiger partial charge in [0.15, 0.2) is 0 Å². The van der Waals surface area contributed by atoms with Crippen molar-refractivity contribution >= 4 is 11.5 Å². The van der Waals surface area contributed by atoms with Crippen LogP contribution in [0.4, 0.5) is 0 Å². The van der Waals surface area contributed by atoms with E-state index in [0.717, 1.165) is 29.0 Å². The van der Waals surface area contributed by atoms with Crippen molar-refractivity contribution in [2.75, 3.05) is 0 Å². The predicted octanol–water partition coefficient (Wildman–Crippen LogP) is 2.16. The van der Waals surface area contributed by atoms with Crippen LogP contribution < -0.4 is 4.74 Å². The number of nitrogens with zero attached hydrogens (tertiary/aromatic N) is 2. The topological polar surface area (TPSA) is 55.2 Å². The normalized spacial score (nSPS) is 16.8. The summed E-state index contributed by atoms with van der Waals surface area (Å²) in [6.45, 7) is 0. The molecule has 1 aliphatic rings. The second-order valence-corrected chi connectivity index (χ2v) is 4.93. The first-order chi connectivity index (χ1) is 8.33. The maximum atomic E-state index is 10.1. The van der Waals surface area contributed by atoms with Gasteiger partial charge in [0.25, 0.3) is 0 Å². The van der Waals surface area contributed by atoms with Crippen LogP contribution >= 0.6 is 11.5 Å². The number of aliphatic hydroxyl groups excluding tert-OH is 1. The molecule has 1 aromatic carbocycles. The van der Waals surface area contributed by atoms with Gasteiger partial charge >= 0.3 is 0 Å². The van der Waals surface area contributed by atoms with Crippen molar-refractivity contribution in [3.8, 4) is 5.75 Å². The Labute approximate surface area is 103 Å². The first-order valence-corrected chi connectivity index (χ1v) is 6.32. The molecule has 1 unspecified atom stereocenters. The van der Waals surface area contributed by atoms with Crippen LogP contribution in [0.3, 0.4) is 0 Å². The van der Waals surface area contributed by atoms with Crippen molar-refractivity contribution in [3.05, 3.63) is 40.9 Å². The molecule has 4 nitrogen and oxygen atoms in total. The lowest BCUT2D eigenvalue weighted by Crippen LogP contribution is -1.99. The van der Waals surface area contributed by atoms with E-state index in [0.29, 0.717) is 6.10 Å². The molecule has 1 saturated carbocycles. The zero-order valence-electron chi connectivity index (χ0n) is 9.11. The van der Waals surface area contributed by atoms with E-state index in [1.165, 1.54) is 11.5 Å². The van der Waals surface area contributed by atoms with E-state index < -0.39 is 6.10 Å². The van der Waals surface area contributed by atoms with E-state index in [9.17, 15) is 5.11 Å². The first kappa shape index (κ1) is 10.7. The highest BCUT2D eigenvalue weighted by Crippen LogP contribution is 2.29. The third-order valence-corrected chi connectivity index (χ3v) is 3.39. The number of aliphatic hydroxyl groups is 1. The highest BCUT2D eigenvalue weighted by Gasteiger charge is 2.23. The highest BCUT2D eigenvalue weighted by molar-refractivity contribution is 7.05. The van der Waals surface area contributed by atoms with E-state index in [4.69, 9.17) is 4.74 Å². The van der Waals surface area contributed by atoms with Crippen molar-refractivity contribution in [2.45, 2.75) is 25.0 Å². The van der Waals surface area contributed by atoms with Crippen LogP contribution in [-0.4, -0.2) is 20.8 Å². The summed E-state index contributed by atoms with van der Waals surface area (Å²) >= 11 is 1.21. The number of aromatic nitrogens is 2. The van der Waals surface area contributed by atoms with Gasteiger partial charge in [-0.15, -0.1) is 5.10 Å². The fraction of sp³-hybridized carbons (Fsp3) is 0.333. The van der Waals surface area contributed by atoms with Crippen LogP contribution in [0.2, 0.25) is 0 Å². The molecule has 0 amide bonds. The molecule has 1 N–H and O–H groups in total. The first-order valence-electron chi connectivity index (χ1n) is 5.55. The summed E-state index contributed by atoms with van der Waals surface area (Å²) in [5.74, 6) is 0.867. The molecule has 3 rings (SSSR count). The van der Waals surface area contributed by atoms with Crippen LogP contribution in [0.25, 0.3) is 0 Å². The van der Waals surface area contributed by atoms with Gasteiger partial charge in [-0.25, -0.2) is 0 Å². The third-order valence-electron chi connectivity index (χ3n) is 2.67. The van der Waals surface area contributed by atoms with Crippen molar-refractivity contribution < 1.29 is 9.84 Å². The molecule has 1 aromatic heterocycles. The Balaban J connectivity index is 1.74. The molecule has 2 aromatic rings. The summed E-state index contributed by atoms with van der Waals surface area (Å²) in [6, 6.07) is 7.54. The number of benzene rings is 1. The van der Waals surface area contributed by atoms with Gasteiger partial charge in [-0.1, -0.05) is 16.6 Å². The molecule has 1 fully saturated rings. The Bertz CT molecular complexity index is 480. The minimum Gasteiger partial charge on any atom is -0.490 e. The standard InChI is InChI=1S/C12H12N2O2S/c15-12(11-7-13-14-17-11)8-1-3-9(4-2-8)16-10-5-6-10/h1-4,7,10,12,15H,5-6H2. The number of hydrogen-bond acceptors (Lipinski definition) is 5. The van der Waals surface area contributed by atoms with Gasteiger partial charge in [-0.3, -0.25) is 0 Å². The minimum atomic E-state index is -0.648. The van der Waals surface area contributed by atoms with Gasteiger partial charge in [0.2, 0.25) is 0 Å². The predicted molar refractivity (Wildman–Crippen MR) is 64.1 cm³/mol. The van der Waals surface area contributed by atoms with E-state index >= 15 is 0 Å². The zero-order valence-corrected chi connectivity index (χ0v) is 9.93. The zero-order chi connectivity index (χ0) is 11.7. The van der Waals surface area contributed by atoms with Crippen LogP contribution in [0.15, 0.2) is 30.5 Å². The third kappa shape index (κ3) is 2.45. The Morgan fingerprint density at radius 3 is 2.65 bits per heavy atom. The summed E-state index contributed by atoms with van der Waals surface area (Å²) < 4.78 is 9.39. The van der Waals surface area contributed by atoms with Gasteiger partial charge in [0, 0.05) is 0 Å². The lowest BCUT2D eigenvalue weighted by Gasteiger charge is -2.09. The van der Waals surface area contributed by atoms with Crippen LogP contribution in [0.1, 0.15) is 29.4 Å². The van der Waals surface area contributed by atoms with Crippen molar-refractivity contribution in [2.24, 2.45) is 0 Å². The van der Waals surface area contributed by atoms with Crippen LogP contribution in [-0.2, 0) is 0 Å². The fourth-order valence-electron chi connectivity index (χ4n) is 1.57. The Hall–Kier alpha value is -1.46. The van der Waals surface area contributed by atoms with E-state index in [2.05, 4.69) is 9.59 Å². The Morgan fingerprint density at radius 2 is 2.06 bits per heavy atom. The van der Waals surface area contributed by atoms with Crippen molar-refractivity contribution in [1.29, 1.82) is 0 Å². The molecular formula is C12H12N2O2S. The van der Waals surface area contributed by atoms with Crippen LogP contribution in [0.5, 0.6) is 5.75 Å². The molecule has 0 saturated heterocycles. The number of ether oxygens (including phenoxy) is 1. The van der Waals surface area contributed by atoms with Gasteiger partial charge < -0.3 is 9.84 Å². The number of hydrogen-bond donors (Lipinski definition) is 1.